The molecular weight excluding hydrogens is 530 g/mol. The minimum atomic E-state index is -1.70. The van der Waals surface area contributed by atoms with Gasteiger partial charge in [0, 0.05) is 12.1 Å². The largest absolute Gasteiger partial charge is 0.595 e. The molecule has 0 heterocycles. The maximum absolute atomic E-state index is 12.5. The van der Waals surface area contributed by atoms with E-state index in [0.29, 0.717) is 24.2 Å². The molecule has 0 saturated heterocycles. The van der Waals surface area contributed by atoms with Crippen LogP contribution in [-0.2, 0) is 14.4 Å². The number of benzene rings is 1. The molecule has 9 unspecified atom stereocenters. The fraction of sp³-hybridized carbons (Fsp3) is 0.633. The molecule has 0 radical (unpaired) electrons. The highest BCUT2D eigenvalue weighted by molar-refractivity contribution is 5.96. The van der Waals surface area contributed by atoms with E-state index < -0.39 is 35.9 Å². The van der Waals surface area contributed by atoms with Crippen molar-refractivity contribution in [2.24, 2.45) is 33.7 Å². The third-order valence-electron chi connectivity index (χ3n) is 10.7. The van der Waals surface area contributed by atoms with Crippen LogP contribution in [0.1, 0.15) is 76.9 Å². The second-order valence-corrected chi connectivity index (χ2v) is 12.8. The number of aliphatic hydroxyl groups excluding tert-OH is 2. The van der Waals surface area contributed by atoms with Gasteiger partial charge in [0.1, 0.15) is 6.10 Å². The first-order valence-corrected chi connectivity index (χ1v) is 14.6. The van der Waals surface area contributed by atoms with Crippen molar-refractivity contribution in [3.63, 3.8) is 0 Å². The quantitative estimate of drug-likeness (QED) is 0.258. The van der Waals surface area contributed by atoms with Crippen molar-refractivity contribution in [3.8, 4) is 0 Å². The predicted molar refractivity (Wildman–Crippen MR) is 148 cm³/mol. The third kappa shape index (κ3) is 5.53. The highest BCUT2D eigenvalue weighted by Gasteiger charge is 2.58. The van der Waals surface area contributed by atoms with Gasteiger partial charge in [0.05, 0.1) is 11.8 Å². The molecule has 1 amide bonds. The number of carbonyl (C=O) groups is 2. The van der Waals surface area contributed by atoms with Gasteiger partial charge in [0.15, 0.2) is 18.3 Å². The molecule has 5 rings (SSSR count). The Labute approximate surface area is 239 Å². The molecule has 4 aliphatic carbocycles. The van der Waals surface area contributed by atoms with E-state index in [1.807, 2.05) is 0 Å². The van der Waals surface area contributed by atoms with Gasteiger partial charge in [-0.1, -0.05) is 36.7 Å². The molecule has 224 valence electrons. The van der Waals surface area contributed by atoms with Crippen molar-refractivity contribution in [2.75, 3.05) is 6.61 Å². The van der Waals surface area contributed by atoms with Gasteiger partial charge in [0.2, 0.25) is 0 Å². The first kappa shape index (κ1) is 29.7. The molecule has 1 aromatic carbocycles. The monoisotopic (exact) mass is 571 g/mol. The molecular formula is C30H41N3O8. The van der Waals surface area contributed by atoms with Gasteiger partial charge in [-0.2, -0.15) is 5.23 Å². The lowest BCUT2D eigenvalue weighted by Gasteiger charge is -2.57. The van der Waals surface area contributed by atoms with E-state index in [-0.39, 0.29) is 28.2 Å². The standard InChI is InChI=1S/C30H41N3O8/c1-29-12-10-19(15-18(29)6-7-21-22-8-9-24(34)30(22,2)13-11-23(21)29)32-41-16-25(35)31-26(28(37)38)27(36)17-4-3-5-20(14-17)33(39)40/h3-5,14-15,21-24,26-27,33-34,36,39H,6-13,16H2,1-2H3,(H,31,35)(H,37,38). The minimum absolute atomic E-state index is 0.0483. The number of carbonyl (C=O) groups excluding carboxylic acids is 1. The molecule has 0 aliphatic heterocycles. The lowest BCUT2D eigenvalue weighted by molar-refractivity contribution is -0.991. The van der Waals surface area contributed by atoms with Crippen LogP contribution in [0.2, 0.25) is 0 Å². The van der Waals surface area contributed by atoms with Crippen LogP contribution in [-0.4, -0.2) is 56.9 Å². The number of aliphatic carboxylic acids is 1. The molecule has 3 saturated carbocycles. The molecule has 11 heteroatoms. The SMILES string of the molecule is CC12CCC(=NOCC(=O)NC(C(=O)O)C(O)c3cccc([NH+]([O-])O)c3)C=C1CCC1C2CCC2(C)C(O)CCC12. The van der Waals surface area contributed by atoms with E-state index in [9.17, 15) is 30.1 Å². The number of nitrogens with one attached hydrogen (secondary N) is 2. The van der Waals surface area contributed by atoms with Crippen molar-refractivity contribution >= 4 is 23.3 Å². The summed E-state index contributed by atoms with van der Waals surface area (Å²) in [4.78, 5) is 29.6. The third-order valence-corrected chi connectivity index (χ3v) is 10.7. The molecule has 1 aromatic rings. The van der Waals surface area contributed by atoms with E-state index in [1.165, 1.54) is 29.8 Å². The van der Waals surface area contributed by atoms with Gasteiger partial charge in [-0.15, -0.1) is 0 Å². The fourth-order valence-corrected chi connectivity index (χ4v) is 8.33. The van der Waals surface area contributed by atoms with Gasteiger partial charge in [-0.05, 0) is 91.6 Å². The number of hydrogen-bond acceptors (Lipinski definition) is 8. The van der Waals surface area contributed by atoms with E-state index in [4.69, 9.17) is 10.0 Å². The van der Waals surface area contributed by atoms with E-state index >= 15 is 0 Å². The Kier molecular flexibility index (Phi) is 8.28. The molecule has 11 nitrogen and oxygen atoms in total. The van der Waals surface area contributed by atoms with Crippen molar-refractivity contribution < 1.29 is 40.2 Å². The molecule has 4 aliphatic rings. The summed E-state index contributed by atoms with van der Waals surface area (Å²) >= 11 is 0. The zero-order valence-corrected chi connectivity index (χ0v) is 23.6. The maximum Gasteiger partial charge on any atom is 0.329 e. The predicted octanol–water partition coefficient (Wildman–Crippen LogP) is 2.39. The summed E-state index contributed by atoms with van der Waals surface area (Å²) in [7, 11) is 0. The molecule has 6 N–H and O–H groups in total. The number of aliphatic hydroxyl groups is 2. The maximum atomic E-state index is 12.5. The average Bonchev–Trinajstić information content (AvgIpc) is 3.25. The number of allylic oxidation sites excluding steroid dienone is 2. The Hall–Kier alpha value is -2.83. The zero-order valence-electron chi connectivity index (χ0n) is 23.6. The lowest BCUT2D eigenvalue weighted by Crippen LogP contribution is -2.99. The number of fused-ring (bicyclic) bond motifs is 5. The second kappa shape index (κ2) is 11.4. The number of nitrogens with zero attached hydrogens (tertiary/aromatic N) is 1. The van der Waals surface area contributed by atoms with Crippen LogP contribution in [0.15, 0.2) is 41.1 Å². The smallest absolute Gasteiger partial charge is 0.329 e. The Morgan fingerprint density at radius 2 is 1.95 bits per heavy atom. The zero-order chi connectivity index (χ0) is 29.5. The van der Waals surface area contributed by atoms with Crippen LogP contribution in [0, 0.1) is 33.8 Å². The van der Waals surface area contributed by atoms with E-state index in [2.05, 4.69) is 30.4 Å². The minimum Gasteiger partial charge on any atom is -0.595 e. The highest BCUT2D eigenvalue weighted by atomic mass is 16.8. The van der Waals surface area contributed by atoms with Crippen LogP contribution < -0.4 is 10.5 Å². The van der Waals surface area contributed by atoms with Crippen LogP contribution in [0.25, 0.3) is 0 Å². The first-order chi connectivity index (χ1) is 19.4. The number of amides is 1. The highest BCUT2D eigenvalue weighted by Crippen LogP contribution is 2.65. The van der Waals surface area contributed by atoms with Crippen LogP contribution >= 0.6 is 0 Å². The molecule has 0 aromatic heterocycles. The summed E-state index contributed by atoms with van der Waals surface area (Å²) in [5.74, 6) is -0.431. The van der Waals surface area contributed by atoms with Gasteiger partial charge >= 0.3 is 5.97 Å². The summed E-state index contributed by atoms with van der Waals surface area (Å²) in [6.45, 7) is 4.13. The summed E-state index contributed by atoms with van der Waals surface area (Å²) in [6, 6.07) is 3.57. The average molecular weight is 572 g/mol. The van der Waals surface area contributed by atoms with Gasteiger partial charge in [0.25, 0.3) is 5.91 Å². The van der Waals surface area contributed by atoms with E-state index in [1.54, 1.807) is 0 Å². The fourth-order valence-electron chi connectivity index (χ4n) is 8.33. The van der Waals surface area contributed by atoms with Crippen LogP contribution in [0.3, 0.4) is 0 Å². The van der Waals surface area contributed by atoms with Crippen molar-refractivity contribution in [1.82, 2.24) is 5.32 Å². The Morgan fingerprint density at radius 1 is 1.17 bits per heavy atom. The summed E-state index contributed by atoms with van der Waals surface area (Å²) < 4.78 is 0. The Balaban J connectivity index is 1.19. The van der Waals surface area contributed by atoms with Gasteiger partial charge < -0.3 is 30.7 Å². The van der Waals surface area contributed by atoms with Crippen molar-refractivity contribution in [1.29, 1.82) is 0 Å². The van der Waals surface area contributed by atoms with Gasteiger partial charge in [-0.25, -0.2) is 10.0 Å². The lowest BCUT2D eigenvalue weighted by atomic mass is 9.47. The van der Waals surface area contributed by atoms with Crippen molar-refractivity contribution in [3.05, 3.63) is 46.7 Å². The molecule has 0 spiro atoms. The van der Waals surface area contributed by atoms with Crippen LogP contribution in [0.4, 0.5) is 5.69 Å². The number of carboxylic acid groups (broad SMARTS) is 1. The summed E-state index contributed by atoms with van der Waals surface area (Å²) in [5.41, 5.74) is 2.21. The molecule has 9 atom stereocenters. The van der Waals surface area contributed by atoms with E-state index in [0.717, 1.165) is 50.7 Å². The number of quaternary nitrogens is 1. The summed E-state index contributed by atoms with van der Waals surface area (Å²) in [5, 5.41) is 56.4. The second-order valence-electron chi connectivity index (χ2n) is 12.8. The van der Waals surface area contributed by atoms with Crippen LogP contribution in [0.5, 0.6) is 0 Å². The summed E-state index contributed by atoms with van der Waals surface area (Å²) in [6.07, 6.45) is 8.24. The number of carboxylic acids is 1. The molecule has 0 bridgehead atoms. The normalized spacial score (nSPS) is 35.8. The Morgan fingerprint density at radius 3 is 2.68 bits per heavy atom. The first-order valence-electron chi connectivity index (χ1n) is 14.6. The van der Waals surface area contributed by atoms with Crippen molar-refractivity contribution in [2.45, 2.75) is 83.5 Å². The molecule has 3 fully saturated rings. The Bertz CT molecular complexity index is 1230. The van der Waals surface area contributed by atoms with Gasteiger partial charge in [-0.3, -0.25) is 4.79 Å². The topological polar surface area (TPSA) is 176 Å². The number of oxime groups is 1. The number of hydrogen-bond donors (Lipinski definition) is 6. The number of rotatable bonds is 8. The molecule has 41 heavy (non-hydrogen) atoms.